The van der Waals surface area contributed by atoms with Crippen LogP contribution < -0.4 is 4.98 Å². The largest absolute Gasteiger partial charge is 0.329 e. The lowest BCUT2D eigenvalue weighted by atomic mass is 10.4. The second kappa shape index (κ2) is 3.74. The Kier molecular flexibility index (Phi) is 3.61. The summed E-state index contributed by atoms with van der Waals surface area (Å²) in [5, 5.41) is 0. The third-order valence-electron chi connectivity index (χ3n) is 1.45. The molecule has 0 heterocycles. The summed E-state index contributed by atoms with van der Waals surface area (Å²) in [6, 6.07) is 0.521. The van der Waals surface area contributed by atoms with E-state index in [-0.39, 0.29) is 0 Å². The molecular weight excluding hydrogens is 138 g/mol. The van der Waals surface area contributed by atoms with Crippen molar-refractivity contribution in [1.29, 1.82) is 0 Å². The highest BCUT2D eigenvalue weighted by Crippen LogP contribution is 2.00. The fourth-order valence-corrected chi connectivity index (χ4v) is 2.47. The summed E-state index contributed by atoms with van der Waals surface area (Å²) in [5.41, 5.74) is 4.00. The quantitative estimate of drug-likeness (QED) is 0.612. The topological polar surface area (TPSA) is 12.0 Å². The van der Waals surface area contributed by atoms with Crippen molar-refractivity contribution < 1.29 is 0 Å². The maximum absolute atomic E-state index is 3.78. The Balaban J connectivity index is 4.05. The Bertz CT molecular complexity index is 121. The molecule has 0 amide bonds. The Hall–Kier alpha value is -0.343. The van der Waals surface area contributed by atoms with Crippen LogP contribution in [0.15, 0.2) is 24.6 Å². The molecule has 0 bridgehead atoms. The van der Waals surface area contributed by atoms with Gasteiger partial charge in [0.1, 0.15) is 0 Å². The van der Waals surface area contributed by atoms with Crippen LogP contribution in [-0.4, -0.2) is 14.3 Å². The lowest BCUT2D eigenvalue weighted by Crippen LogP contribution is -2.48. The van der Waals surface area contributed by atoms with Crippen LogP contribution >= 0.6 is 0 Å². The molecule has 0 atom stereocenters. The normalized spacial score (nSPS) is 11.6. The van der Waals surface area contributed by atoms with E-state index in [9.17, 15) is 0 Å². The lowest BCUT2D eigenvalue weighted by Gasteiger charge is -2.22. The van der Waals surface area contributed by atoms with Gasteiger partial charge in [0.05, 0.1) is 0 Å². The molecular formula is C8H17NSi. The highest BCUT2D eigenvalue weighted by Gasteiger charge is 2.18. The molecule has 1 N–H and O–H groups in total. The Labute approximate surface area is 64.9 Å². The lowest BCUT2D eigenvalue weighted by molar-refractivity contribution is 0.741. The van der Waals surface area contributed by atoms with Crippen LogP contribution in [0.3, 0.4) is 0 Å². The van der Waals surface area contributed by atoms with Crippen LogP contribution in [0.5, 0.6) is 0 Å². The van der Waals surface area contributed by atoms with E-state index in [1.54, 1.807) is 0 Å². The van der Waals surface area contributed by atoms with Crippen LogP contribution in [-0.2, 0) is 0 Å². The van der Waals surface area contributed by atoms with E-state index in [4.69, 9.17) is 0 Å². The van der Waals surface area contributed by atoms with Crippen molar-refractivity contribution in [1.82, 2.24) is 4.98 Å². The maximum Gasteiger partial charge on any atom is 0.171 e. The predicted octanol–water partition coefficient (Wildman–Crippen LogP) is 2.01. The van der Waals surface area contributed by atoms with Crippen molar-refractivity contribution in [3.63, 3.8) is 0 Å². The van der Waals surface area contributed by atoms with Gasteiger partial charge in [-0.2, -0.15) is 0 Å². The number of hydrogen-bond donors (Lipinski definition) is 1. The van der Waals surface area contributed by atoms with Gasteiger partial charge < -0.3 is 4.98 Å². The van der Waals surface area contributed by atoms with E-state index in [0.717, 1.165) is 0 Å². The first-order valence-electron chi connectivity index (χ1n) is 3.59. The fourth-order valence-electron chi connectivity index (χ4n) is 0.823. The molecule has 0 saturated carbocycles. The van der Waals surface area contributed by atoms with Crippen LogP contribution in [0.2, 0.25) is 6.55 Å². The predicted molar refractivity (Wildman–Crippen MR) is 50.3 cm³/mol. The van der Waals surface area contributed by atoms with Crippen molar-refractivity contribution >= 4 is 8.24 Å². The van der Waals surface area contributed by atoms with Crippen molar-refractivity contribution in [2.45, 2.75) is 26.4 Å². The molecule has 0 aliphatic rings. The zero-order valence-electron chi connectivity index (χ0n) is 7.15. The minimum atomic E-state index is -1.48. The van der Waals surface area contributed by atoms with Crippen LogP contribution in [0.4, 0.5) is 0 Å². The Morgan fingerprint density at radius 3 is 1.80 bits per heavy atom. The van der Waals surface area contributed by atoms with Crippen LogP contribution in [0.1, 0.15) is 13.8 Å². The first kappa shape index (κ1) is 9.66. The van der Waals surface area contributed by atoms with E-state index in [1.807, 2.05) is 11.4 Å². The third kappa shape index (κ3) is 2.99. The van der Waals surface area contributed by atoms with Gasteiger partial charge in [0, 0.05) is 0 Å². The van der Waals surface area contributed by atoms with Gasteiger partial charge in [-0.15, -0.1) is 13.2 Å². The van der Waals surface area contributed by atoms with Gasteiger partial charge in [-0.3, -0.25) is 0 Å². The summed E-state index contributed by atoms with van der Waals surface area (Å²) < 4.78 is 0. The van der Waals surface area contributed by atoms with Gasteiger partial charge in [0.2, 0.25) is 0 Å². The molecule has 0 radical (unpaired) electrons. The summed E-state index contributed by atoms with van der Waals surface area (Å²) in [4.78, 5) is 3.46. The van der Waals surface area contributed by atoms with Gasteiger partial charge in [-0.25, -0.2) is 0 Å². The monoisotopic (exact) mass is 155 g/mol. The molecule has 0 aromatic heterocycles. The molecule has 10 heavy (non-hydrogen) atoms. The number of hydrogen-bond acceptors (Lipinski definition) is 1. The van der Waals surface area contributed by atoms with Crippen molar-refractivity contribution in [2.75, 3.05) is 0 Å². The van der Waals surface area contributed by atoms with Crippen molar-refractivity contribution in [3.05, 3.63) is 24.6 Å². The maximum atomic E-state index is 3.78. The standard InChI is InChI=1S/C8H17NSi/c1-6-10(5,7-2)9-8(3)4/h6-9H,1-2H2,3-5H3. The molecule has 0 aliphatic heterocycles. The van der Waals surface area contributed by atoms with Crippen LogP contribution in [0, 0.1) is 0 Å². The van der Waals surface area contributed by atoms with Gasteiger partial charge in [-0.05, 0) is 12.6 Å². The fraction of sp³-hybridized carbons (Fsp3) is 0.500. The van der Waals surface area contributed by atoms with E-state index >= 15 is 0 Å². The number of rotatable bonds is 4. The van der Waals surface area contributed by atoms with Crippen molar-refractivity contribution in [3.8, 4) is 0 Å². The average Bonchev–Trinajstić information content (AvgIpc) is 1.87. The Morgan fingerprint density at radius 1 is 1.30 bits per heavy atom. The van der Waals surface area contributed by atoms with E-state index in [0.29, 0.717) is 6.04 Å². The molecule has 0 unspecified atom stereocenters. The smallest absolute Gasteiger partial charge is 0.171 e. The van der Waals surface area contributed by atoms with E-state index in [1.165, 1.54) is 0 Å². The molecule has 2 heteroatoms. The van der Waals surface area contributed by atoms with Crippen molar-refractivity contribution in [2.24, 2.45) is 0 Å². The molecule has 1 nitrogen and oxygen atoms in total. The second-order valence-electron chi connectivity index (χ2n) is 2.99. The SMILES string of the molecule is C=C[Si](C)(C=C)NC(C)C. The highest BCUT2D eigenvalue weighted by molar-refractivity contribution is 6.85. The van der Waals surface area contributed by atoms with E-state index in [2.05, 4.69) is 38.5 Å². The summed E-state index contributed by atoms with van der Waals surface area (Å²) in [6.07, 6.45) is 0. The molecule has 0 aromatic carbocycles. The molecule has 0 spiro atoms. The summed E-state index contributed by atoms with van der Waals surface area (Å²) >= 11 is 0. The van der Waals surface area contributed by atoms with Gasteiger partial charge >= 0.3 is 0 Å². The highest BCUT2D eigenvalue weighted by atomic mass is 28.3. The zero-order valence-corrected chi connectivity index (χ0v) is 8.15. The third-order valence-corrected chi connectivity index (χ3v) is 4.34. The first-order valence-corrected chi connectivity index (χ1v) is 6.24. The average molecular weight is 155 g/mol. The molecule has 0 aliphatic carbocycles. The zero-order chi connectivity index (χ0) is 8.20. The molecule has 58 valence electrons. The minimum Gasteiger partial charge on any atom is -0.329 e. The Morgan fingerprint density at radius 2 is 1.70 bits per heavy atom. The molecule has 0 fully saturated rings. The molecule has 0 rings (SSSR count). The minimum absolute atomic E-state index is 0.521. The van der Waals surface area contributed by atoms with Crippen LogP contribution in [0.25, 0.3) is 0 Å². The summed E-state index contributed by atoms with van der Waals surface area (Å²) in [6.45, 7) is 14.0. The molecule has 0 aromatic rings. The number of nitrogens with one attached hydrogen (secondary N) is 1. The first-order chi connectivity index (χ1) is 4.54. The molecule has 0 saturated heterocycles. The second-order valence-corrected chi connectivity index (χ2v) is 6.66. The summed E-state index contributed by atoms with van der Waals surface area (Å²) in [7, 11) is -1.48. The van der Waals surface area contributed by atoms with Gasteiger partial charge in [0.15, 0.2) is 8.24 Å². The van der Waals surface area contributed by atoms with Gasteiger partial charge in [-0.1, -0.05) is 25.2 Å². The summed E-state index contributed by atoms with van der Waals surface area (Å²) in [5.74, 6) is 0. The van der Waals surface area contributed by atoms with Gasteiger partial charge in [0.25, 0.3) is 0 Å². The van der Waals surface area contributed by atoms with E-state index < -0.39 is 8.24 Å².